The molecule has 4 rings (SSSR count). The fourth-order valence-corrected chi connectivity index (χ4v) is 6.59. The van der Waals surface area contributed by atoms with Crippen LogP contribution in [-0.2, 0) is 32.1 Å². The van der Waals surface area contributed by atoms with Crippen molar-refractivity contribution >= 4 is 29.0 Å². The van der Waals surface area contributed by atoms with E-state index in [1.165, 1.54) is 0 Å². The van der Waals surface area contributed by atoms with Crippen molar-refractivity contribution < 1.29 is 34.2 Å². The van der Waals surface area contributed by atoms with E-state index in [4.69, 9.17) is 5.73 Å². The maximum absolute atomic E-state index is 13.8. The molecule has 37 heavy (non-hydrogen) atoms. The number of Topliss-reactive ketones (excluding diaryl/α,β-unsaturated/α-hetero) is 4. The molecule has 1 aromatic rings. The van der Waals surface area contributed by atoms with Crippen molar-refractivity contribution in [1.82, 2.24) is 5.32 Å². The number of nitrogens with two attached hydrogens (primary N) is 1. The molecule has 3 aliphatic carbocycles. The van der Waals surface area contributed by atoms with Gasteiger partial charge in [0.1, 0.15) is 5.75 Å². The van der Waals surface area contributed by atoms with Crippen molar-refractivity contribution in [2.45, 2.75) is 59.6 Å². The summed E-state index contributed by atoms with van der Waals surface area (Å²) in [5.41, 5.74) is 3.81. The van der Waals surface area contributed by atoms with Crippen LogP contribution < -0.4 is 11.1 Å². The molecule has 9 heteroatoms. The van der Waals surface area contributed by atoms with Crippen LogP contribution in [0.2, 0.25) is 0 Å². The predicted octanol–water partition coefficient (Wildman–Crippen LogP) is 1.34. The number of primary amides is 1. The van der Waals surface area contributed by atoms with Gasteiger partial charge in [-0.2, -0.15) is 0 Å². The molecule has 200 valence electrons. The number of rotatable bonds is 5. The Kier molecular flexibility index (Phi) is 6.70. The van der Waals surface area contributed by atoms with Gasteiger partial charge < -0.3 is 21.3 Å². The van der Waals surface area contributed by atoms with Gasteiger partial charge in [0.25, 0.3) is 0 Å². The van der Waals surface area contributed by atoms with E-state index in [2.05, 4.69) is 26.1 Å². The van der Waals surface area contributed by atoms with Crippen LogP contribution in [0, 0.1) is 40.9 Å². The summed E-state index contributed by atoms with van der Waals surface area (Å²) in [5, 5.41) is 25.9. The zero-order valence-electron chi connectivity index (χ0n) is 22.0. The Labute approximate surface area is 216 Å². The summed E-state index contributed by atoms with van der Waals surface area (Å²) in [6, 6.07) is 3.52. The maximum Gasteiger partial charge on any atom is 0.235 e. The van der Waals surface area contributed by atoms with E-state index in [1.54, 1.807) is 26.0 Å². The highest BCUT2D eigenvalue weighted by molar-refractivity contribution is 6.31. The quantitative estimate of drug-likeness (QED) is 0.429. The highest BCUT2D eigenvalue weighted by Gasteiger charge is 2.69. The second kappa shape index (κ2) is 9.13. The van der Waals surface area contributed by atoms with E-state index >= 15 is 0 Å². The van der Waals surface area contributed by atoms with Crippen LogP contribution in [0.5, 0.6) is 5.75 Å². The number of nitrogens with one attached hydrogen (secondary N) is 1. The summed E-state index contributed by atoms with van der Waals surface area (Å²) in [6.45, 7) is 10.6. The SMILES string of the molecule is CC(C)[C@@H]1C(=O)C(C(N)=O)C(=O)[C@@]2(O)C(=O)C3C(=O)c4c(ccc(CNCC(C)(C)C)c4O)C[C@H]3C[C@@H]12. The van der Waals surface area contributed by atoms with Gasteiger partial charge in [-0.05, 0) is 35.7 Å². The molecule has 1 amide bonds. The lowest BCUT2D eigenvalue weighted by atomic mass is 9.50. The van der Waals surface area contributed by atoms with Crippen molar-refractivity contribution in [3.63, 3.8) is 0 Å². The van der Waals surface area contributed by atoms with Crippen LogP contribution in [0.3, 0.4) is 0 Å². The highest BCUT2D eigenvalue weighted by Crippen LogP contribution is 2.53. The summed E-state index contributed by atoms with van der Waals surface area (Å²) in [6.07, 6.45) is 0.360. The molecular weight excluding hydrogens is 476 g/mol. The monoisotopic (exact) mass is 512 g/mol. The molecule has 9 nitrogen and oxygen atoms in total. The van der Waals surface area contributed by atoms with Crippen molar-refractivity contribution in [3.05, 3.63) is 28.8 Å². The van der Waals surface area contributed by atoms with Gasteiger partial charge in [-0.3, -0.25) is 24.0 Å². The van der Waals surface area contributed by atoms with Gasteiger partial charge >= 0.3 is 0 Å². The van der Waals surface area contributed by atoms with Gasteiger partial charge in [-0.15, -0.1) is 0 Å². The molecule has 0 bridgehead atoms. The molecule has 3 aliphatic rings. The van der Waals surface area contributed by atoms with Gasteiger partial charge in [0, 0.05) is 30.5 Å². The zero-order valence-corrected chi connectivity index (χ0v) is 22.0. The fraction of sp³-hybridized carbons (Fsp3) is 0.607. The lowest BCUT2D eigenvalue weighted by Crippen LogP contribution is -2.71. The number of hydrogen-bond donors (Lipinski definition) is 4. The van der Waals surface area contributed by atoms with E-state index in [0.717, 1.165) is 0 Å². The molecular formula is C28H36N2O7. The molecule has 5 N–H and O–H groups in total. The number of fused-ring (bicyclic) bond motifs is 3. The Morgan fingerprint density at radius 1 is 1.16 bits per heavy atom. The summed E-state index contributed by atoms with van der Waals surface area (Å²) in [7, 11) is 0. The van der Waals surface area contributed by atoms with E-state index in [0.29, 0.717) is 24.2 Å². The molecule has 0 aliphatic heterocycles. The minimum absolute atomic E-state index is 0.0118. The predicted molar refractivity (Wildman–Crippen MR) is 133 cm³/mol. The zero-order chi connectivity index (χ0) is 27.6. The van der Waals surface area contributed by atoms with Crippen LogP contribution in [0.4, 0.5) is 0 Å². The van der Waals surface area contributed by atoms with Gasteiger partial charge in [-0.25, -0.2) is 0 Å². The molecule has 2 saturated carbocycles. The van der Waals surface area contributed by atoms with Crippen LogP contribution in [0.15, 0.2) is 12.1 Å². The first kappa shape index (κ1) is 27.1. The third kappa shape index (κ3) is 4.22. The Hall–Kier alpha value is -2.91. The maximum atomic E-state index is 13.8. The molecule has 0 spiro atoms. The number of amides is 1. The number of ketones is 4. The first-order valence-electron chi connectivity index (χ1n) is 12.8. The number of carbonyl (C=O) groups excluding carboxylic acids is 5. The van der Waals surface area contributed by atoms with Crippen molar-refractivity contribution in [3.8, 4) is 5.75 Å². The molecule has 2 unspecified atom stereocenters. The molecule has 0 heterocycles. The average Bonchev–Trinajstić information content (AvgIpc) is 2.76. The summed E-state index contributed by atoms with van der Waals surface area (Å²) < 4.78 is 0. The highest BCUT2D eigenvalue weighted by atomic mass is 16.3. The number of phenols is 1. The van der Waals surface area contributed by atoms with E-state index in [1.807, 2.05) is 0 Å². The minimum atomic E-state index is -2.67. The van der Waals surface area contributed by atoms with Crippen LogP contribution in [-0.4, -0.2) is 51.4 Å². The van der Waals surface area contributed by atoms with Crippen LogP contribution in [0.25, 0.3) is 0 Å². The average molecular weight is 513 g/mol. The Bertz CT molecular complexity index is 1200. The minimum Gasteiger partial charge on any atom is -0.507 e. The molecule has 0 saturated heterocycles. The van der Waals surface area contributed by atoms with Gasteiger partial charge in [0.05, 0.1) is 11.5 Å². The number of benzene rings is 1. The van der Waals surface area contributed by atoms with Crippen molar-refractivity contribution in [2.24, 2.45) is 46.7 Å². The van der Waals surface area contributed by atoms with Gasteiger partial charge in [-0.1, -0.05) is 46.8 Å². The van der Waals surface area contributed by atoms with Gasteiger partial charge in [0.2, 0.25) is 5.91 Å². The molecule has 6 atom stereocenters. The van der Waals surface area contributed by atoms with E-state index in [9.17, 15) is 34.2 Å². The first-order chi connectivity index (χ1) is 17.1. The third-order valence-electron chi connectivity index (χ3n) is 8.24. The third-order valence-corrected chi connectivity index (χ3v) is 8.24. The van der Waals surface area contributed by atoms with Crippen molar-refractivity contribution in [1.29, 1.82) is 0 Å². The second-order valence-electron chi connectivity index (χ2n) is 12.4. The number of aromatic hydroxyl groups is 1. The number of aliphatic hydroxyl groups is 1. The number of hydrogen-bond acceptors (Lipinski definition) is 8. The van der Waals surface area contributed by atoms with Gasteiger partial charge in [0.15, 0.2) is 34.7 Å². The van der Waals surface area contributed by atoms with Crippen LogP contribution >= 0.6 is 0 Å². The van der Waals surface area contributed by atoms with E-state index < -0.39 is 64.2 Å². The van der Waals surface area contributed by atoms with E-state index in [-0.39, 0.29) is 35.5 Å². The number of phenolic OH excluding ortho intramolecular Hbond substituents is 1. The second-order valence-corrected chi connectivity index (χ2v) is 12.4. The molecule has 0 aromatic heterocycles. The summed E-state index contributed by atoms with van der Waals surface area (Å²) in [5.74, 6) is -11.2. The number of carbonyl (C=O) groups is 5. The Morgan fingerprint density at radius 2 is 1.81 bits per heavy atom. The van der Waals surface area contributed by atoms with Crippen molar-refractivity contribution in [2.75, 3.05) is 6.54 Å². The van der Waals surface area contributed by atoms with Crippen LogP contribution in [0.1, 0.15) is 62.5 Å². The summed E-state index contributed by atoms with van der Waals surface area (Å²) in [4.78, 5) is 66.0. The fourth-order valence-electron chi connectivity index (χ4n) is 6.59. The Balaban J connectivity index is 1.74. The summed E-state index contributed by atoms with van der Waals surface area (Å²) >= 11 is 0. The lowest BCUT2D eigenvalue weighted by Gasteiger charge is -2.52. The molecule has 1 aromatic carbocycles. The smallest absolute Gasteiger partial charge is 0.235 e. The molecule has 2 fully saturated rings. The Morgan fingerprint density at radius 3 is 2.38 bits per heavy atom. The topological polar surface area (TPSA) is 164 Å². The first-order valence-corrected chi connectivity index (χ1v) is 12.8. The normalized spacial score (nSPS) is 31.7. The standard InChI is InChI=1S/C28H36N2O7/c1-12(2)17-16-9-15-8-13-6-7-14(10-30-11-27(3,4)5)21(31)18(13)23(33)19(15)24(34)28(16,37)25(35)20(22(17)32)26(29)36/h6-7,12,15-17,19-20,30-31,37H,8-11H2,1-5H3,(H2,29,36)/t15-,16-,17-,19?,20?,28-/m0/s1. The lowest BCUT2D eigenvalue weighted by molar-refractivity contribution is -0.182. The molecule has 0 radical (unpaired) electrons. The largest absolute Gasteiger partial charge is 0.507 e.